The summed E-state index contributed by atoms with van der Waals surface area (Å²) in [5, 5.41) is 4.00. The van der Waals surface area contributed by atoms with Gasteiger partial charge in [0.1, 0.15) is 5.76 Å². The standard InChI is InChI=1S/C11H18N2OS/c1-4-13(11(15)12-9(2)3)8-10-6-5-7-14-10/h5-7,9H,4,8H2,1-3H3,(H,12,15). The Hall–Kier alpha value is -1.03. The lowest BCUT2D eigenvalue weighted by molar-refractivity contribution is 0.368. The number of rotatable bonds is 4. The van der Waals surface area contributed by atoms with Crippen molar-refractivity contribution in [3.8, 4) is 0 Å². The first-order valence-corrected chi connectivity index (χ1v) is 5.62. The molecule has 0 radical (unpaired) electrons. The summed E-state index contributed by atoms with van der Waals surface area (Å²) in [7, 11) is 0. The van der Waals surface area contributed by atoms with Crippen LogP contribution in [0.2, 0.25) is 0 Å². The van der Waals surface area contributed by atoms with Crippen molar-refractivity contribution in [3.63, 3.8) is 0 Å². The molecule has 84 valence electrons. The molecule has 1 aromatic heterocycles. The predicted molar refractivity (Wildman–Crippen MR) is 65.7 cm³/mol. The first-order chi connectivity index (χ1) is 7.13. The summed E-state index contributed by atoms with van der Waals surface area (Å²) in [6, 6.07) is 4.21. The molecule has 0 atom stereocenters. The van der Waals surface area contributed by atoms with Gasteiger partial charge in [-0.25, -0.2) is 0 Å². The zero-order valence-corrected chi connectivity index (χ0v) is 10.3. The molecule has 0 aromatic carbocycles. The van der Waals surface area contributed by atoms with Gasteiger partial charge in [-0.15, -0.1) is 0 Å². The van der Waals surface area contributed by atoms with E-state index in [1.54, 1.807) is 6.26 Å². The van der Waals surface area contributed by atoms with Gasteiger partial charge in [0.15, 0.2) is 5.11 Å². The first-order valence-electron chi connectivity index (χ1n) is 5.21. The van der Waals surface area contributed by atoms with Crippen molar-refractivity contribution in [2.24, 2.45) is 0 Å². The number of furan rings is 1. The third-order valence-electron chi connectivity index (χ3n) is 2.01. The Balaban J connectivity index is 2.52. The van der Waals surface area contributed by atoms with E-state index >= 15 is 0 Å². The van der Waals surface area contributed by atoms with E-state index in [1.807, 2.05) is 12.1 Å². The van der Waals surface area contributed by atoms with Gasteiger partial charge in [-0.05, 0) is 45.1 Å². The van der Waals surface area contributed by atoms with Crippen LogP contribution in [0.3, 0.4) is 0 Å². The molecule has 0 aliphatic heterocycles. The molecule has 1 rings (SSSR count). The fourth-order valence-corrected chi connectivity index (χ4v) is 1.69. The lowest BCUT2D eigenvalue weighted by Crippen LogP contribution is -2.42. The van der Waals surface area contributed by atoms with Crippen LogP contribution < -0.4 is 5.32 Å². The second-order valence-corrected chi connectivity index (χ2v) is 4.08. The molecule has 1 N–H and O–H groups in total. The highest BCUT2D eigenvalue weighted by molar-refractivity contribution is 7.80. The van der Waals surface area contributed by atoms with Crippen LogP contribution in [-0.4, -0.2) is 22.6 Å². The van der Waals surface area contributed by atoms with Crippen LogP contribution in [0.4, 0.5) is 0 Å². The Bertz CT molecular complexity index is 296. The number of nitrogens with one attached hydrogen (secondary N) is 1. The molecule has 0 amide bonds. The van der Waals surface area contributed by atoms with Gasteiger partial charge in [-0.3, -0.25) is 0 Å². The highest BCUT2D eigenvalue weighted by atomic mass is 32.1. The van der Waals surface area contributed by atoms with Gasteiger partial charge >= 0.3 is 0 Å². The maximum atomic E-state index is 5.30. The molecule has 0 spiro atoms. The lowest BCUT2D eigenvalue weighted by Gasteiger charge is -2.24. The van der Waals surface area contributed by atoms with E-state index in [4.69, 9.17) is 16.6 Å². The second kappa shape index (κ2) is 5.75. The van der Waals surface area contributed by atoms with E-state index in [-0.39, 0.29) is 0 Å². The zero-order valence-electron chi connectivity index (χ0n) is 9.49. The number of thiocarbonyl (C=S) groups is 1. The van der Waals surface area contributed by atoms with E-state index in [9.17, 15) is 0 Å². The number of hydrogen-bond acceptors (Lipinski definition) is 2. The van der Waals surface area contributed by atoms with Crippen molar-refractivity contribution in [1.29, 1.82) is 0 Å². The zero-order chi connectivity index (χ0) is 11.3. The first kappa shape index (κ1) is 12.0. The Morgan fingerprint density at radius 1 is 1.60 bits per heavy atom. The summed E-state index contributed by atoms with van der Waals surface area (Å²) in [5.74, 6) is 0.935. The van der Waals surface area contributed by atoms with Crippen molar-refractivity contribution in [2.75, 3.05) is 6.54 Å². The van der Waals surface area contributed by atoms with Gasteiger partial charge in [0.05, 0.1) is 12.8 Å². The molecule has 0 unspecified atom stereocenters. The summed E-state index contributed by atoms with van der Waals surface area (Å²) in [6.45, 7) is 7.83. The van der Waals surface area contributed by atoms with Crippen LogP contribution in [0.15, 0.2) is 22.8 Å². The van der Waals surface area contributed by atoms with Crippen LogP contribution in [0.5, 0.6) is 0 Å². The summed E-state index contributed by atoms with van der Waals surface area (Å²) < 4.78 is 5.29. The third kappa shape index (κ3) is 3.91. The monoisotopic (exact) mass is 226 g/mol. The lowest BCUT2D eigenvalue weighted by atomic mass is 10.4. The van der Waals surface area contributed by atoms with Crippen molar-refractivity contribution in [2.45, 2.75) is 33.4 Å². The molecule has 0 aliphatic rings. The maximum absolute atomic E-state index is 5.30. The summed E-state index contributed by atoms with van der Waals surface area (Å²) in [4.78, 5) is 2.08. The number of nitrogens with zero attached hydrogens (tertiary/aromatic N) is 1. The fourth-order valence-electron chi connectivity index (χ4n) is 1.26. The van der Waals surface area contributed by atoms with Crippen LogP contribution in [0.25, 0.3) is 0 Å². The third-order valence-corrected chi connectivity index (χ3v) is 2.38. The molecular weight excluding hydrogens is 208 g/mol. The molecular formula is C11H18N2OS. The molecule has 1 heterocycles. The van der Waals surface area contributed by atoms with Crippen LogP contribution in [-0.2, 0) is 6.54 Å². The molecule has 4 heteroatoms. The smallest absolute Gasteiger partial charge is 0.169 e. The average molecular weight is 226 g/mol. The molecule has 15 heavy (non-hydrogen) atoms. The van der Waals surface area contributed by atoms with Crippen LogP contribution in [0.1, 0.15) is 26.5 Å². The highest BCUT2D eigenvalue weighted by Gasteiger charge is 2.10. The van der Waals surface area contributed by atoms with Crippen molar-refractivity contribution >= 4 is 17.3 Å². The van der Waals surface area contributed by atoms with E-state index in [1.165, 1.54) is 0 Å². The van der Waals surface area contributed by atoms with Crippen molar-refractivity contribution in [3.05, 3.63) is 24.2 Å². The Morgan fingerprint density at radius 2 is 2.33 bits per heavy atom. The van der Waals surface area contributed by atoms with Crippen LogP contribution in [0, 0.1) is 0 Å². The average Bonchev–Trinajstić information content (AvgIpc) is 2.65. The summed E-state index contributed by atoms with van der Waals surface area (Å²) >= 11 is 5.30. The molecule has 1 aromatic rings. The van der Waals surface area contributed by atoms with Gasteiger partial charge < -0.3 is 14.6 Å². The number of hydrogen-bond donors (Lipinski definition) is 1. The van der Waals surface area contributed by atoms with Gasteiger partial charge in [-0.1, -0.05) is 0 Å². The summed E-state index contributed by atoms with van der Waals surface area (Å²) in [5.41, 5.74) is 0. The quantitative estimate of drug-likeness (QED) is 0.798. The SMILES string of the molecule is CCN(Cc1ccco1)C(=S)NC(C)C. The molecule has 0 saturated carbocycles. The maximum Gasteiger partial charge on any atom is 0.169 e. The normalized spacial score (nSPS) is 10.4. The Morgan fingerprint density at radius 3 is 2.80 bits per heavy atom. The second-order valence-electron chi connectivity index (χ2n) is 3.70. The minimum Gasteiger partial charge on any atom is -0.467 e. The van der Waals surface area contributed by atoms with E-state index < -0.39 is 0 Å². The van der Waals surface area contributed by atoms with E-state index in [0.29, 0.717) is 6.04 Å². The predicted octanol–water partition coefficient (Wildman–Crippen LogP) is 2.38. The minimum absolute atomic E-state index is 0.364. The highest BCUT2D eigenvalue weighted by Crippen LogP contribution is 2.05. The minimum atomic E-state index is 0.364. The van der Waals surface area contributed by atoms with Gasteiger partial charge in [-0.2, -0.15) is 0 Å². The van der Waals surface area contributed by atoms with Crippen LogP contribution >= 0.6 is 12.2 Å². The van der Waals surface area contributed by atoms with Gasteiger partial charge in [0, 0.05) is 12.6 Å². The Labute approximate surface area is 96.4 Å². The van der Waals surface area contributed by atoms with Gasteiger partial charge in [0.2, 0.25) is 0 Å². The largest absolute Gasteiger partial charge is 0.467 e. The Kier molecular flexibility index (Phi) is 4.62. The molecule has 0 bridgehead atoms. The van der Waals surface area contributed by atoms with Gasteiger partial charge in [0.25, 0.3) is 0 Å². The summed E-state index contributed by atoms with van der Waals surface area (Å²) in [6.07, 6.45) is 1.68. The molecule has 0 fully saturated rings. The van der Waals surface area contributed by atoms with Crippen molar-refractivity contribution < 1.29 is 4.42 Å². The molecule has 0 aliphatic carbocycles. The van der Waals surface area contributed by atoms with Crippen molar-refractivity contribution in [1.82, 2.24) is 10.2 Å². The molecule has 0 saturated heterocycles. The van der Waals surface area contributed by atoms with E-state index in [0.717, 1.165) is 24.0 Å². The topological polar surface area (TPSA) is 28.4 Å². The molecule has 3 nitrogen and oxygen atoms in total. The van der Waals surface area contributed by atoms with E-state index in [2.05, 4.69) is 31.0 Å². The fraction of sp³-hybridized carbons (Fsp3) is 0.545.